The van der Waals surface area contributed by atoms with Crippen LogP contribution < -0.4 is 5.73 Å². The van der Waals surface area contributed by atoms with Crippen LogP contribution in [-0.4, -0.2) is 38.0 Å². The van der Waals surface area contributed by atoms with Crippen LogP contribution in [-0.2, 0) is 21.3 Å². The summed E-state index contributed by atoms with van der Waals surface area (Å²) in [6.07, 6.45) is 0.665. The number of hydrogen-bond acceptors (Lipinski definition) is 4. The van der Waals surface area contributed by atoms with Crippen molar-refractivity contribution in [2.75, 3.05) is 13.2 Å². The Bertz CT molecular complexity index is 601. The van der Waals surface area contributed by atoms with E-state index in [0.717, 1.165) is 17.5 Å². The smallest absolute Gasteiger partial charge is 0.243 e. The molecular formula is C15H24N2O3S. The van der Waals surface area contributed by atoms with E-state index in [-0.39, 0.29) is 12.1 Å². The van der Waals surface area contributed by atoms with E-state index in [1.54, 1.807) is 22.5 Å². The van der Waals surface area contributed by atoms with Crippen molar-refractivity contribution < 1.29 is 13.2 Å². The number of nitrogens with two attached hydrogens (primary N) is 1. The molecular weight excluding hydrogens is 288 g/mol. The highest BCUT2D eigenvalue weighted by Gasteiger charge is 2.35. The minimum Gasteiger partial charge on any atom is -0.375 e. The van der Waals surface area contributed by atoms with Gasteiger partial charge >= 0.3 is 0 Å². The molecule has 0 amide bonds. The first kappa shape index (κ1) is 16.4. The first-order chi connectivity index (χ1) is 9.90. The van der Waals surface area contributed by atoms with Crippen molar-refractivity contribution in [1.29, 1.82) is 0 Å². The molecule has 1 saturated heterocycles. The van der Waals surface area contributed by atoms with E-state index in [1.165, 1.54) is 0 Å². The van der Waals surface area contributed by atoms with E-state index < -0.39 is 10.0 Å². The number of sulfonamides is 1. The Morgan fingerprint density at radius 2 is 2.14 bits per heavy atom. The molecule has 1 aromatic rings. The molecule has 6 heteroatoms. The van der Waals surface area contributed by atoms with Gasteiger partial charge in [0, 0.05) is 19.1 Å². The molecule has 0 aliphatic carbocycles. The third kappa shape index (κ3) is 3.29. The Balaban J connectivity index is 2.38. The highest BCUT2D eigenvalue weighted by molar-refractivity contribution is 7.89. The molecule has 1 aliphatic rings. The number of morpholine rings is 1. The zero-order valence-corrected chi connectivity index (χ0v) is 13.7. The Labute approximate surface area is 127 Å². The van der Waals surface area contributed by atoms with Crippen LogP contribution in [0.15, 0.2) is 23.1 Å². The van der Waals surface area contributed by atoms with Crippen LogP contribution in [0.3, 0.4) is 0 Å². The van der Waals surface area contributed by atoms with Crippen LogP contribution in [0.4, 0.5) is 0 Å². The largest absolute Gasteiger partial charge is 0.375 e. The maximum atomic E-state index is 12.9. The average Bonchev–Trinajstić information content (AvgIpc) is 2.47. The fourth-order valence-corrected chi connectivity index (χ4v) is 4.47. The Morgan fingerprint density at radius 3 is 2.71 bits per heavy atom. The van der Waals surface area contributed by atoms with Crippen molar-refractivity contribution in [3.05, 3.63) is 29.3 Å². The third-order valence-electron chi connectivity index (χ3n) is 4.03. The molecule has 2 rings (SSSR count). The molecule has 0 bridgehead atoms. The standard InChI is InChI=1S/C15H24N2O3S/c1-4-14-10-20-12(3)9-17(14)21(18,19)15-6-5-13(8-16)11(2)7-15/h5-7,12,14H,4,8-10,16H2,1-3H3. The molecule has 1 aromatic carbocycles. The zero-order valence-electron chi connectivity index (χ0n) is 12.9. The predicted octanol–water partition coefficient (Wildman–Crippen LogP) is 1.64. The van der Waals surface area contributed by atoms with Gasteiger partial charge in [-0.2, -0.15) is 4.31 Å². The van der Waals surface area contributed by atoms with Gasteiger partial charge in [-0.3, -0.25) is 0 Å². The summed E-state index contributed by atoms with van der Waals surface area (Å²) in [5, 5.41) is 0. The number of benzene rings is 1. The quantitative estimate of drug-likeness (QED) is 0.917. The Kier molecular flexibility index (Phi) is 5.03. The molecule has 1 heterocycles. The maximum Gasteiger partial charge on any atom is 0.243 e. The highest BCUT2D eigenvalue weighted by atomic mass is 32.2. The summed E-state index contributed by atoms with van der Waals surface area (Å²) >= 11 is 0. The summed E-state index contributed by atoms with van der Waals surface area (Å²) in [6.45, 7) is 7.04. The molecule has 2 atom stereocenters. The first-order valence-electron chi connectivity index (χ1n) is 7.33. The first-order valence-corrected chi connectivity index (χ1v) is 8.77. The third-order valence-corrected chi connectivity index (χ3v) is 5.94. The summed E-state index contributed by atoms with van der Waals surface area (Å²) in [4.78, 5) is 0.338. The van der Waals surface area contributed by atoms with Gasteiger partial charge in [-0.25, -0.2) is 8.42 Å². The number of ether oxygens (including phenoxy) is 1. The lowest BCUT2D eigenvalue weighted by molar-refractivity contribution is -0.0230. The average molecular weight is 312 g/mol. The summed E-state index contributed by atoms with van der Waals surface area (Å²) < 4.78 is 32.9. The van der Waals surface area contributed by atoms with Gasteiger partial charge in [-0.1, -0.05) is 13.0 Å². The van der Waals surface area contributed by atoms with Crippen molar-refractivity contribution in [2.24, 2.45) is 5.73 Å². The molecule has 1 fully saturated rings. The van der Waals surface area contributed by atoms with E-state index in [1.807, 2.05) is 20.8 Å². The van der Waals surface area contributed by atoms with Crippen molar-refractivity contribution in [3.63, 3.8) is 0 Å². The second kappa shape index (κ2) is 6.44. The van der Waals surface area contributed by atoms with Crippen molar-refractivity contribution in [3.8, 4) is 0 Å². The number of aryl methyl sites for hydroxylation is 1. The minimum atomic E-state index is -3.49. The molecule has 2 unspecified atom stereocenters. The number of rotatable bonds is 4. The van der Waals surface area contributed by atoms with Crippen LogP contribution in [0.25, 0.3) is 0 Å². The number of nitrogens with zero attached hydrogens (tertiary/aromatic N) is 1. The predicted molar refractivity (Wildman–Crippen MR) is 82.5 cm³/mol. The SMILES string of the molecule is CCC1COC(C)CN1S(=O)(=O)c1ccc(CN)c(C)c1. The Hall–Kier alpha value is -0.950. The molecule has 0 radical (unpaired) electrons. The van der Waals surface area contributed by atoms with Gasteiger partial charge in [0.25, 0.3) is 0 Å². The van der Waals surface area contributed by atoms with Gasteiger partial charge in [0.2, 0.25) is 10.0 Å². The topological polar surface area (TPSA) is 72.6 Å². The summed E-state index contributed by atoms with van der Waals surface area (Å²) in [5.41, 5.74) is 7.52. The second-order valence-electron chi connectivity index (χ2n) is 5.57. The zero-order chi connectivity index (χ0) is 15.6. The van der Waals surface area contributed by atoms with Crippen LogP contribution in [0.5, 0.6) is 0 Å². The lowest BCUT2D eigenvalue weighted by Gasteiger charge is -2.37. The van der Waals surface area contributed by atoms with E-state index >= 15 is 0 Å². The lowest BCUT2D eigenvalue weighted by Crippen LogP contribution is -2.51. The fraction of sp³-hybridized carbons (Fsp3) is 0.600. The van der Waals surface area contributed by atoms with Crippen LogP contribution in [0, 0.1) is 6.92 Å². The molecule has 1 aliphatic heterocycles. The van der Waals surface area contributed by atoms with Crippen LogP contribution in [0.1, 0.15) is 31.4 Å². The fourth-order valence-electron chi connectivity index (χ4n) is 2.62. The summed E-state index contributed by atoms with van der Waals surface area (Å²) in [6, 6.07) is 5.06. The molecule has 118 valence electrons. The summed E-state index contributed by atoms with van der Waals surface area (Å²) in [5.74, 6) is 0. The van der Waals surface area contributed by atoms with Gasteiger partial charge in [-0.05, 0) is 43.5 Å². The van der Waals surface area contributed by atoms with Crippen molar-refractivity contribution in [1.82, 2.24) is 4.31 Å². The lowest BCUT2D eigenvalue weighted by atomic mass is 10.1. The molecule has 21 heavy (non-hydrogen) atoms. The van der Waals surface area contributed by atoms with Gasteiger partial charge in [0.05, 0.1) is 17.6 Å². The van der Waals surface area contributed by atoms with E-state index in [2.05, 4.69) is 0 Å². The van der Waals surface area contributed by atoms with Gasteiger partial charge in [-0.15, -0.1) is 0 Å². The molecule has 0 saturated carbocycles. The molecule has 0 spiro atoms. The summed E-state index contributed by atoms with van der Waals surface area (Å²) in [7, 11) is -3.49. The van der Waals surface area contributed by atoms with Crippen molar-refractivity contribution >= 4 is 10.0 Å². The van der Waals surface area contributed by atoms with Gasteiger partial charge in [0.1, 0.15) is 0 Å². The second-order valence-corrected chi connectivity index (χ2v) is 7.46. The van der Waals surface area contributed by atoms with Gasteiger partial charge in [0.15, 0.2) is 0 Å². The van der Waals surface area contributed by atoms with E-state index in [4.69, 9.17) is 10.5 Å². The van der Waals surface area contributed by atoms with E-state index in [9.17, 15) is 8.42 Å². The number of hydrogen-bond donors (Lipinski definition) is 1. The van der Waals surface area contributed by atoms with Crippen LogP contribution >= 0.6 is 0 Å². The van der Waals surface area contributed by atoms with Crippen LogP contribution in [0.2, 0.25) is 0 Å². The highest BCUT2D eigenvalue weighted by Crippen LogP contribution is 2.25. The minimum absolute atomic E-state index is 0.0769. The maximum absolute atomic E-state index is 12.9. The molecule has 0 aromatic heterocycles. The van der Waals surface area contributed by atoms with E-state index in [0.29, 0.717) is 24.6 Å². The normalized spacial score (nSPS) is 24.2. The monoisotopic (exact) mass is 312 g/mol. The Morgan fingerprint density at radius 1 is 1.43 bits per heavy atom. The van der Waals surface area contributed by atoms with Gasteiger partial charge < -0.3 is 10.5 Å². The van der Waals surface area contributed by atoms with Crippen molar-refractivity contribution in [2.45, 2.75) is 50.8 Å². The molecule has 2 N–H and O–H groups in total. The molecule has 5 nitrogen and oxygen atoms in total.